The molecule has 74 valence electrons. The number of hydrogen-bond acceptors (Lipinski definition) is 3. The van der Waals surface area contributed by atoms with Gasteiger partial charge in [0.2, 0.25) is 0 Å². The molecule has 0 unspecified atom stereocenters. The molecular formula is C11H13NOS. The Morgan fingerprint density at radius 1 is 1.36 bits per heavy atom. The highest BCUT2D eigenvalue weighted by molar-refractivity contribution is 7.99. The predicted molar refractivity (Wildman–Crippen MR) is 59.6 cm³/mol. The average molecular weight is 207 g/mol. The maximum absolute atomic E-state index is 8.91. The van der Waals surface area contributed by atoms with E-state index in [9.17, 15) is 0 Å². The zero-order valence-corrected chi connectivity index (χ0v) is 9.19. The van der Waals surface area contributed by atoms with E-state index in [1.54, 1.807) is 0 Å². The van der Waals surface area contributed by atoms with Gasteiger partial charge >= 0.3 is 0 Å². The zero-order valence-electron chi connectivity index (χ0n) is 8.37. The van der Waals surface area contributed by atoms with Crippen LogP contribution in [0.25, 0.3) is 0 Å². The summed E-state index contributed by atoms with van der Waals surface area (Å²) in [5.41, 5.74) is 4.44. The van der Waals surface area contributed by atoms with E-state index >= 15 is 0 Å². The van der Waals surface area contributed by atoms with Crippen LogP contribution >= 0.6 is 11.8 Å². The normalized spacial score (nSPS) is 18.3. The summed E-state index contributed by atoms with van der Waals surface area (Å²) >= 11 is 1.84. The molecule has 0 saturated carbocycles. The van der Waals surface area contributed by atoms with Gasteiger partial charge < -0.3 is 5.21 Å². The molecule has 2 rings (SSSR count). The lowest BCUT2D eigenvalue weighted by Gasteiger charge is -2.19. The van der Waals surface area contributed by atoms with Gasteiger partial charge in [0.1, 0.15) is 0 Å². The Bertz CT molecular complexity index is 399. The molecule has 1 aromatic rings. The van der Waals surface area contributed by atoms with Gasteiger partial charge in [-0.15, -0.1) is 11.8 Å². The van der Waals surface area contributed by atoms with Crippen molar-refractivity contribution in [1.29, 1.82) is 0 Å². The van der Waals surface area contributed by atoms with E-state index in [0.29, 0.717) is 0 Å². The Balaban J connectivity index is 2.63. The second-order valence-corrected chi connectivity index (χ2v) is 4.74. The summed E-state index contributed by atoms with van der Waals surface area (Å²) in [5, 5.41) is 12.3. The minimum Gasteiger partial charge on any atom is -0.411 e. The molecule has 14 heavy (non-hydrogen) atoms. The molecule has 1 aromatic carbocycles. The molecule has 0 aliphatic carbocycles. The Morgan fingerprint density at radius 3 is 2.86 bits per heavy atom. The molecule has 0 amide bonds. The molecule has 1 aliphatic heterocycles. The van der Waals surface area contributed by atoms with Crippen molar-refractivity contribution >= 4 is 17.5 Å². The van der Waals surface area contributed by atoms with Crippen LogP contribution in [-0.4, -0.2) is 16.7 Å². The molecule has 0 bridgehead atoms. The number of nitrogens with zero attached hydrogens (tertiary/aromatic N) is 1. The van der Waals surface area contributed by atoms with E-state index in [2.05, 4.69) is 31.1 Å². The van der Waals surface area contributed by atoms with Gasteiger partial charge in [0.15, 0.2) is 0 Å². The van der Waals surface area contributed by atoms with Crippen molar-refractivity contribution in [1.82, 2.24) is 0 Å². The fourth-order valence-corrected chi connectivity index (χ4v) is 3.10. The van der Waals surface area contributed by atoms with Gasteiger partial charge in [-0.25, -0.2) is 0 Å². The van der Waals surface area contributed by atoms with Crippen LogP contribution in [0.3, 0.4) is 0 Å². The number of rotatable bonds is 0. The van der Waals surface area contributed by atoms with Crippen LogP contribution in [0, 0.1) is 13.8 Å². The second-order valence-electron chi connectivity index (χ2n) is 3.60. The first kappa shape index (κ1) is 9.59. The summed E-state index contributed by atoms with van der Waals surface area (Å²) in [6, 6.07) is 4.30. The molecule has 0 saturated heterocycles. The number of thioether (sulfide) groups is 1. The van der Waals surface area contributed by atoms with Crippen LogP contribution in [0.2, 0.25) is 0 Å². The van der Waals surface area contributed by atoms with E-state index in [0.717, 1.165) is 23.4 Å². The van der Waals surface area contributed by atoms with E-state index in [-0.39, 0.29) is 0 Å². The summed E-state index contributed by atoms with van der Waals surface area (Å²) in [5.74, 6) is 1.01. The van der Waals surface area contributed by atoms with E-state index in [4.69, 9.17) is 5.21 Å². The number of hydrogen-bond donors (Lipinski definition) is 1. The monoisotopic (exact) mass is 207 g/mol. The van der Waals surface area contributed by atoms with Crippen LogP contribution < -0.4 is 0 Å². The number of oxime groups is 1. The summed E-state index contributed by atoms with van der Waals surface area (Å²) < 4.78 is 0. The molecule has 0 aromatic heterocycles. The molecule has 0 fully saturated rings. The van der Waals surface area contributed by atoms with Crippen LogP contribution in [0.5, 0.6) is 0 Å². The molecule has 1 N–H and O–H groups in total. The third-order valence-electron chi connectivity index (χ3n) is 2.45. The van der Waals surface area contributed by atoms with Gasteiger partial charge in [-0.2, -0.15) is 0 Å². The first-order valence-corrected chi connectivity index (χ1v) is 5.66. The Labute approximate surface area is 88.0 Å². The quantitative estimate of drug-likeness (QED) is 0.524. The largest absolute Gasteiger partial charge is 0.411 e. The Kier molecular flexibility index (Phi) is 2.50. The number of benzene rings is 1. The molecule has 0 atom stereocenters. The van der Waals surface area contributed by atoms with Gasteiger partial charge in [-0.3, -0.25) is 0 Å². The minimum absolute atomic E-state index is 0.830. The molecule has 0 radical (unpaired) electrons. The van der Waals surface area contributed by atoms with E-state index in [1.807, 2.05) is 11.8 Å². The van der Waals surface area contributed by atoms with Crippen molar-refractivity contribution in [2.24, 2.45) is 5.16 Å². The summed E-state index contributed by atoms with van der Waals surface area (Å²) in [6.45, 7) is 4.17. The fraction of sp³-hybridized carbons (Fsp3) is 0.364. The van der Waals surface area contributed by atoms with Gasteiger partial charge in [-0.1, -0.05) is 11.2 Å². The lowest BCUT2D eigenvalue weighted by Crippen LogP contribution is -2.11. The van der Waals surface area contributed by atoms with Crippen molar-refractivity contribution in [3.63, 3.8) is 0 Å². The second kappa shape index (κ2) is 3.65. The lowest BCUT2D eigenvalue weighted by atomic mass is 10.00. The van der Waals surface area contributed by atoms with Crippen LogP contribution in [-0.2, 0) is 0 Å². The summed E-state index contributed by atoms with van der Waals surface area (Å²) in [7, 11) is 0. The van der Waals surface area contributed by atoms with E-state index in [1.165, 1.54) is 16.0 Å². The van der Waals surface area contributed by atoms with Crippen LogP contribution in [0.15, 0.2) is 22.2 Å². The van der Waals surface area contributed by atoms with Crippen molar-refractivity contribution in [3.05, 3.63) is 28.8 Å². The third-order valence-corrected chi connectivity index (χ3v) is 3.49. The van der Waals surface area contributed by atoms with Crippen LogP contribution in [0.1, 0.15) is 23.1 Å². The van der Waals surface area contributed by atoms with Gasteiger partial charge in [0, 0.05) is 22.6 Å². The van der Waals surface area contributed by atoms with Crippen molar-refractivity contribution in [2.75, 3.05) is 5.75 Å². The highest BCUT2D eigenvalue weighted by Gasteiger charge is 2.18. The van der Waals surface area contributed by atoms with Crippen molar-refractivity contribution < 1.29 is 5.21 Å². The SMILES string of the molecule is Cc1cc(C)c2c(c1)SCC/C2=N\O. The minimum atomic E-state index is 0.830. The molecule has 1 aliphatic rings. The highest BCUT2D eigenvalue weighted by atomic mass is 32.2. The molecule has 3 heteroatoms. The van der Waals surface area contributed by atoms with Gasteiger partial charge in [0.05, 0.1) is 5.71 Å². The highest BCUT2D eigenvalue weighted by Crippen LogP contribution is 2.33. The number of aryl methyl sites for hydroxylation is 2. The van der Waals surface area contributed by atoms with Crippen LogP contribution in [0.4, 0.5) is 0 Å². The average Bonchev–Trinajstić information content (AvgIpc) is 2.16. The number of fused-ring (bicyclic) bond motifs is 1. The summed E-state index contributed by atoms with van der Waals surface area (Å²) in [4.78, 5) is 1.25. The lowest BCUT2D eigenvalue weighted by molar-refractivity contribution is 0.318. The Hall–Kier alpha value is -0.960. The molecule has 2 nitrogen and oxygen atoms in total. The fourth-order valence-electron chi connectivity index (χ4n) is 1.89. The maximum atomic E-state index is 8.91. The van der Waals surface area contributed by atoms with Crippen molar-refractivity contribution in [3.8, 4) is 0 Å². The topological polar surface area (TPSA) is 32.6 Å². The maximum Gasteiger partial charge on any atom is 0.0890 e. The summed E-state index contributed by atoms with van der Waals surface area (Å²) in [6.07, 6.45) is 0.859. The smallest absolute Gasteiger partial charge is 0.0890 e. The molecule has 0 spiro atoms. The van der Waals surface area contributed by atoms with Crippen molar-refractivity contribution in [2.45, 2.75) is 25.2 Å². The van der Waals surface area contributed by atoms with Gasteiger partial charge in [0.25, 0.3) is 0 Å². The first-order valence-electron chi connectivity index (χ1n) is 4.67. The van der Waals surface area contributed by atoms with Gasteiger partial charge in [-0.05, 0) is 31.0 Å². The standard InChI is InChI=1S/C11H13NOS/c1-7-5-8(2)11-9(12-13)3-4-14-10(11)6-7/h5-6,13H,3-4H2,1-2H3/b12-9+. The zero-order chi connectivity index (χ0) is 10.1. The predicted octanol–water partition coefficient (Wildman–Crippen LogP) is 2.98. The third kappa shape index (κ3) is 1.52. The van der Waals surface area contributed by atoms with E-state index < -0.39 is 0 Å². The first-order chi connectivity index (χ1) is 6.72. The molecular weight excluding hydrogens is 194 g/mol. The molecule has 1 heterocycles. The Morgan fingerprint density at radius 2 is 2.14 bits per heavy atom.